The maximum absolute atomic E-state index is 11.3. The van der Waals surface area contributed by atoms with E-state index < -0.39 is 9.85 Å². The van der Waals surface area contributed by atoms with E-state index in [9.17, 15) is 20.2 Å². The van der Waals surface area contributed by atoms with Gasteiger partial charge in [-0.25, -0.2) is 0 Å². The molecule has 0 fully saturated rings. The fourth-order valence-corrected chi connectivity index (χ4v) is 4.21. The number of nitrogens with zero attached hydrogens (tertiary/aromatic N) is 2. The van der Waals surface area contributed by atoms with Crippen LogP contribution < -0.4 is 0 Å². The number of hydrogen-bond acceptors (Lipinski definition) is 4. The first-order valence-electron chi connectivity index (χ1n) is 10.2. The first kappa shape index (κ1) is 21.0. The molecule has 0 amide bonds. The van der Waals surface area contributed by atoms with Crippen molar-refractivity contribution in [1.82, 2.24) is 0 Å². The average molecular weight is 424 g/mol. The summed E-state index contributed by atoms with van der Waals surface area (Å²) in [5.74, 6) is 5.91. The van der Waals surface area contributed by atoms with Crippen LogP contribution in [0.25, 0.3) is 0 Å². The Kier molecular flexibility index (Phi) is 5.82. The molecular weight excluding hydrogens is 404 g/mol. The van der Waals surface area contributed by atoms with Gasteiger partial charge in [0.25, 0.3) is 11.4 Å². The molecule has 0 saturated carbocycles. The summed E-state index contributed by atoms with van der Waals surface area (Å²) in [7, 11) is 0. The lowest BCUT2D eigenvalue weighted by molar-refractivity contribution is -0.394. The molecule has 0 radical (unpaired) electrons. The summed E-state index contributed by atoms with van der Waals surface area (Å²) in [6.07, 6.45) is 4.47. The van der Waals surface area contributed by atoms with Gasteiger partial charge >= 0.3 is 0 Å². The molecule has 0 atom stereocenters. The minimum Gasteiger partial charge on any atom is -0.258 e. The Morgan fingerprint density at radius 1 is 0.781 bits per heavy atom. The molecule has 0 bridgehead atoms. The standard InChI is InChI=1S/C26H20N2O4/c29-27(30)24-14-13-21(25(19-24)28(31)32)12-11-20-15-17-26(18-16-20,22-7-3-1-4-8-22)23-9-5-2-6-10-23/h1-10,13-15,19H,16-18H2. The van der Waals surface area contributed by atoms with Gasteiger partial charge < -0.3 is 0 Å². The van der Waals surface area contributed by atoms with E-state index in [1.165, 1.54) is 23.3 Å². The van der Waals surface area contributed by atoms with Crippen LogP contribution in [0, 0.1) is 32.1 Å². The molecule has 6 nitrogen and oxygen atoms in total. The molecule has 0 heterocycles. The maximum Gasteiger partial charge on any atom is 0.291 e. The van der Waals surface area contributed by atoms with E-state index in [1.807, 2.05) is 36.4 Å². The lowest BCUT2D eigenvalue weighted by Gasteiger charge is -2.37. The number of hydrogen-bond donors (Lipinski definition) is 0. The van der Waals surface area contributed by atoms with Gasteiger partial charge in [0, 0.05) is 11.5 Å². The van der Waals surface area contributed by atoms with Crippen LogP contribution in [0.4, 0.5) is 11.4 Å². The highest BCUT2D eigenvalue weighted by Crippen LogP contribution is 2.44. The molecule has 0 N–H and O–H groups in total. The molecule has 3 aromatic carbocycles. The maximum atomic E-state index is 11.3. The number of non-ortho nitro benzene ring substituents is 1. The van der Waals surface area contributed by atoms with Crippen LogP contribution in [-0.4, -0.2) is 9.85 Å². The van der Waals surface area contributed by atoms with E-state index in [1.54, 1.807) is 0 Å². The van der Waals surface area contributed by atoms with Gasteiger partial charge in [-0.3, -0.25) is 20.2 Å². The third-order valence-corrected chi connectivity index (χ3v) is 5.92. The lowest BCUT2D eigenvalue weighted by atomic mass is 9.66. The van der Waals surface area contributed by atoms with Gasteiger partial charge in [-0.05, 0) is 42.0 Å². The van der Waals surface area contributed by atoms with Crippen LogP contribution in [0.15, 0.2) is 90.5 Å². The average Bonchev–Trinajstić information content (AvgIpc) is 2.84. The number of rotatable bonds is 4. The van der Waals surface area contributed by atoms with Crippen molar-refractivity contribution in [3.05, 3.63) is 127 Å². The summed E-state index contributed by atoms with van der Waals surface area (Å²) in [5.41, 5.74) is 2.76. The largest absolute Gasteiger partial charge is 0.291 e. The van der Waals surface area contributed by atoms with Gasteiger partial charge in [-0.2, -0.15) is 0 Å². The molecular formula is C26H20N2O4. The normalized spacial score (nSPS) is 14.6. The molecule has 1 aliphatic carbocycles. The topological polar surface area (TPSA) is 86.3 Å². The predicted molar refractivity (Wildman–Crippen MR) is 122 cm³/mol. The Bertz CT molecular complexity index is 1220. The molecule has 0 spiro atoms. The fraction of sp³-hybridized carbons (Fsp3) is 0.154. The van der Waals surface area contributed by atoms with Gasteiger partial charge in [-0.1, -0.05) is 78.6 Å². The molecule has 158 valence electrons. The highest BCUT2D eigenvalue weighted by molar-refractivity contribution is 5.58. The Balaban J connectivity index is 1.66. The molecule has 3 aromatic rings. The van der Waals surface area contributed by atoms with Gasteiger partial charge in [-0.15, -0.1) is 0 Å². The van der Waals surface area contributed by atoms with Gasteiger partial charge in [0.05, 0.1) is 15.9 Å². The van der Waals surface area contributed by atoms with E-state index in [-0.39, 0.29) is 22.4 Å². The summed E-state index contributed by atoms with van der Waals surface area (Å²) in [6.45, 7) is 0. The summed E-state index contributed by atoms with van der Waals surface area (Å²) in [5, 5.41) is 22.3. The second kappa shape index (κ2) is 8.86. The SMILES string of the molecule is O=[N+]([O-])c1ccc(C#CC2=CCC(c3ccccc3)(c3ccccc3)CC2)c([N+](=O)[O-])c1. The van der Waals surface area contributed by atoms with Crippen molar-refractivity contribution in [2.45, 2.75) is 24.7 Å². The molecule has 0 unspecified atom stereocenters. The van der Waals surface area contributed by atoms with Gasteiger partial charge in [0.15, 0.2) is 0 Å². The highest BCUT2D eigenvalue weighted by atomic mass is 16.6. The zero-order valence-electron chi connectivity index (χ0n) is 17.2. The van der Waals surface area contributed by atoms with E-state index in [4.69, 9.17) is 0 Å². The van der Waals surface area contributed by atoms with E-state index in [2.05, 4.69) is 42.2 Å². The molecule has 0 saturated heterocycles. The van der Waals surface area contributed by atoms with Crippen molar-refractivity contribution in [2.24, 2.45) is 0 Å². The second-order valence-electron chi connectivity index (χ2n) is 7.71. The quantitative estimate of drug-likeness (QED) is 0.294. The van der Waals surface area contributed by atoms with Crippen molar-refractivity contribution >= 4 is 11.4 Å². The van der Waals surface area contributed by atoms with Crippen LogP contribution >= 0.6 is 0 Å². The van der Waals surface area contributed by atoms with Crippen LogP contribution in [0.1, 0.15) is 36.0 Å². The Hall–Kier alpha value is -4.24. The number of allylic oxidation sites excluding steroid dienone is 2. The highest BCUT2D eigenvalue weighted by Gasteiger charge is 2.35. The molecule has 0 aliphatic heterocycles. The van der Waals surface area contributed by atoms with E-state index >= 15 is 0 Å². The smallest absolute Gasteiger partial charge is 0.258 e. The van der Waals surface area contributed by atoms with Crippen molar-refractivity contribution in [1.29, 1.82) is 0 Å². The van der Waals surface area contributed by atoms with Crippen LogP contribution in [0.5, 0.6) is 0 Å². The summed E-state index contributed by atoms with van der Waals surface area (Å²) >= 11 is 0. The Morgan fingerprint density at radius 3 is 1.91 bits per heavy atom. The molecule has 0 aromatic heterocycles. The molecule has 1 aliphatic rings. The Labute approximate surface area is 185 Å². The zero-order chi connectivity index (χ0) is 22.6. The lowest BCUT2D eigenvalue weighted by Crippen LogP contribution is -2.29. The van der Waals surface area contributed by atoms with Crippen molar-refractivity contribution in [3.8, 4) is 11.8 Å². The van der Waals surface area contributed by atoms with Gasteiger partial charge in [0.2, 0.25) is 0 Å². The fourth-order valence-electron chi connectivity index (χ4n) is 4.21. The van der Waals surface area contributed by atoms with Gasteiger partial charge in [0.1, 0.15) is 5.56 Å². The van der Waals surface area contributed by atoms with E-state index in [0.29, 0.717) is 0 Å². The van der Waals surface area contributed by atoms with E-state index in [0.717, 1.165) is 30.9 Å². The van der Waals surface area contributed by atoms with Crippen LogP contribution in [0.2, 0.25) is 0 Å². The minimum absolute atomic E-state index is 0.146. The first-order valence-corrected chi connectivity index (χ1v) is 10.2. The zero-order valence-corrected chi connectivity index (χ0v) is 17.2. The molecule has 6 heteroatoms. The van der Waals surface area contributed by atoms with Crippen molar-refractivity contribution in [3.63, 3.8) is 0 Å². The molecule has 4 rings (SSSR count). The number of nitro benzene ring substituents is 2. The number of benzene rings is 3. The minimum atomic E-state index is -0.652. The van der Waals surface area contributed by atoms with Crippen LogP contribution in [0.3, 0.4) is 0 Å². The molecule has 32 heavy (non-hydrogen) atoms. The summed E-state index contributed by atoms with van der Waals surface area (Å²) < 4.78 is 0. The summed E-state index contributed by atoms with van der Waals surface area (Å²) in [4.78, 5) is 21.0. The summed E-state index contributed by atoms with van der Waals surface area (Å²) in [6, 6.07) is 24.3. The third-order valence-electron chi connectivity index (χ3n) is 5.92. The Morgan fingerprint density at radius 2 is 1.41 bits per heavy atom. The number of nitro groups is 2. The van der Waals surface area contributed by atoms with Crippen molar-refractivity contribution in [2.75, 3.05) is 0 Å². The van der Waals surface area contributed by atoms with Crippen molar-refractivity contribution < 1.29 is 9.85 Å². The monoisotopic (exact) mass is 424 g/mol. The third kappa shape index (κ3) is 4.14. The van der Waals surface area contributed by atoms with Crippen LogP contribution in [-0.2, 0) is 5.41 Å². The second-order valence-corrected chi connectivity index (χ2v) is 7.71. The predicted octanol–water partition coefficient (Wildman–Crippen LogP) is 5.95. The first-order chi connectivity index (χ1) is 15.5.